The number of carbonyl (C=O) groups is 2. The van der Waals surface area contributed by atoms with E-state index in [1.165, 1.54) is 5.56 Å². The van der Waals surface area contributed by atoms with Gasteiger partial charge in [0.2, 0.25) is 0 Å². The first-order valence-electron chi connectivity index (χ1n) is 19.5. The van der Waals surface area contributed by atoms with E-state index in [2.05, 4.69) is 82.5 Å². The van der Waals surface area contributed by atoms with Crippen LogP contribution in [0.4, 0.5) is 10.6 Å². The second-order valence-corrected chi connectivity index (χ2v) is 19.9. The molecule has 0 radical (unpaired) electrons. The second kappa shape index (κ2) is 17.2. The second-order valence-electron chi connectivity index (χ2n) is 18.7. The number of likely N-dealkylation sites (tertiary alicyclic amines) is 1. The van der Waals surface area contributed by atoms with Gasteiger partial charge in [-0.1, -0.05) is 59.2 Å². The van der Waals surface area contributed by atoms with Crippen molar-refractivity contribution >= 4 is 52.3 Å². The SMILES string of the molecule is CC(C)(C)CCOc1ccc2cc(C(=O)NSc3cccc(NC(CCC4CN(C(=O)OC(C)(C)C)C(C)(C)C4)c4cc(C(C)(C)C)ccn4)n3)c(Cl)nc2c1. The van der Waals surface area contributed by atoms with Gasteiger partial charge in [-0.15, -0.1) is 0 Å². The van der Waals surface area contributed by atoms with Crippen LogP contribution < -0.4 is 14.8 Å². The van der Waals surface area contributed by atoms with Crippen LogP contribution in [-0.4, -0.2) is 56.1 Å². The zero-order valence-corrected chi connectivity index (χ0v) is 36.5. The summed E-state index contributed by atoms with van der Waals surface area (Å²) in [5.74, 6) is 1.29. The Bertz CT molecular complexity index is 2020. The maximum Gasteiger partial charge on any atom is 0.410 e. The maximum absolute atomic E-state index is 13.4. The van der Waals surface area contributed by atoms with Crippen molar-refractivity contribution in [2.45, 2.75) is 129 Å². The van der Waals surface area contributed by atoms with Gasteiger partial charge in [0.1, 0.15) is 27.3 Å². The molecule has 0 saturated carbocycles. The first-order chi connectivity index (χ1) is 26.1. The lowest BCUT2D eigenvalue weighted by Gasteiger charge is -2.33. The number of anilines is 1. The molecule has 2 N–H and O–H groups in total. The van der Waals surface area contributed by atoms with Gasteiger partial charge in [-0.05, 0) is 125 Å². The fourth-order valence-electron chi connectivity index (χ4n) is 6.75. The van der Waals surface area contributed by atoms with E-state index < -0.39 is 5.60 Å². The molecule has 2 atom stereocenters. The molecule has 12 heteroatoms. The highest BCUT2D eigenvalue weighted by atomic mass is 35.5. The smallest absolute Gasteiger partial charge is 0.410 e. The van der Waals surface area contributed by atoms with E-state index in [1.54, 1.807) is 6.07 Å². The van der Waals surface area contributed by atoms with Crippen LogP contribution in [0.25, 0.3) is 10.9 Å². The normalized spacial score (nSPS) is 16.4. The van der Waals surface area contributed by atoms with E-state index in [-0.39, 0.29) is 45.1 Å². The molecule has 1 aromatic carbocycles. The van der Waals surface area contributed by atoms with Gasteiger partial charge in [-0.3, -0.25) is 14.5 Å². The van der Waals surface area contributed by atoms with Crippen LogP contribution in [-0.2, 0) is 10.2 Å². The first-order valence-corrected chi connectivity index (χ1v) is 20.7. The summed E-state index contributed by atoms with van der Waals surface area (Å²) in [6, 6.07) is 17.1. The fourth-order valence-corrected chi connectivity index (χ4v) is 7.58. The predicted octanol–water partition coefficient (Wildman–Crippen LogP) is 11.2. The molecule has 2 unspecified atom stereocenters. The summed E-state index contributed by atoms with van der Waals surface area (Å²) in [6.07, 6.45) is 5.05. The van der Waals surface area contributed by atoms with Crippen molar-refractivity contribution in [3.63, 3.8) is 0 Å². The summed E-state index contributed by atoms with van der Waals surface area (Å²) < 4.78 is 14.6. The average Bonchev–Trinajstić information content (AvgIpc) is 3.41. The summed E-state index contributed by atoms with van der Waals surface area (Å²) in [5.41, 5.74) is 2.30. The van der Waals surface area contributed by atoms with E-state index in [4.69, 9.17) is 31.0 Å². The van der Waals surface area contributed by atoms with Crippen LogP contribution in [0, 0.1) is 11.3 Å². The van der Waals surface area contributed by atoms with Gasteiger partial charge in [-0.25, -0.2) is 14.8 Å². The van der Waals surface area contributed by atoms with Gasteiger partial charge < -0.3 is 19.7 Å². The molecular formula is C44H59ClN6O4S. The number of fused-ring (bicyclic) bond motifs is 1. The minimum absolute atomic E-state index is 0.0502. The molecule has 302 valence electrons. The van der Waals surface area contributed by atoms with Crippen LogP contribution in [0.5, 0.6) is 5.75 Å². The molecule has 1 fully saturated rings. The third-order valence-electron chi connectivity index (χ3n) is 9.84. The summed E-state index contributed by atoms with van der Waals surface area (Å²) in [7, 11) is 0. The molecule has 10 nitrogen and oxygen atoms in total. The molecule has 4 heterocycles. The quantitative estimate of drug-likeness (QED) is 0.107. The van der Waals surface area contributed by atoms with Gasteiger partial charge in [0.05, 0.1) is 29.4 Å². The van der Waals surface area contributed by atoms with Crippen LogP contribution in [0.1, 0.15) is 130 Å². The lowest BCUT2D eigenvalue weighted by atomic mass is 9.86. The first kappa shape index (κ1) is 43.0. The molecule has 0 spiro atoms. The van der Waals surface area contributed by atoms with Crippen molar-refractivity contribution in [3.8, 4) is 5.75 Å². The zero-order chi connectivity index (χ0) is 41.1. The number of halogens is 1. The molecule has 56 heavy (non-hydrogen) atoms. The number of amides is 2. The Hall–Kier alpha value is -4.09. The number of rotatable bonds is 12. The Morgan fingerprint density at radius 3 is 2.45 bits per heavy atom. The van der Waals surface area contributed by atoms with Crippen molar-refractivity contribution in [2.24, 2.45) is 11.3 Å². The topological polar surface area (TPSA) is 119 Å². The van der Waals surface area contributed by atoms with Crippen molar-refractivity contribution in [2.75, 3.05) is 18.5 Å². The molecular weight excluding hydrogens is 744 g/mol. The number of pyridine rings is 3. The van der Waals surface area contributed by atoms with Crippen molar-refractivity contribution in [1.29, 1.82) is 0 Å². The Balaban J connectivity index is 1.27. The van der Waals surface area contributed by atoms with E-state index in [1.807, 2.05) is 68.3 Å². The number of carbonyl (C=O) groups excluding carboxylic acids is 2. The monoisotopic (exact) mass is 802 g/mol. The maximum atomic E-state index is 13.4. The zero-order valence-electron chi connectivity index (χ0n) is 34.9. The number of benzene rings is 1. The molecule has 4 aromatic rings. The standard InChI is InChI=1S/C44H59ClN6O4S/c1-41(2,3)20-22-54-31-17-16-29-23-32(38(45)48-34(29)25-31)39(52)50-56-37-14-12-13-36(49-37)47-33(35-24-30(19-21-46-35)42(4,5)6)18-15-28-26-44(10,11)51(27-28)40(53)55-43(7,8)9/h12-14,16-17,19,21,23-25,28,33H,15,18,20,22,26-27H2,1-11H3,(H,47,49)(H,50,52). The molecule has 1 aliphatic rings. The molecule has 1 saturated heterocycles. The lowest BCUT2D eigenvalue weighted by molar-refractivity contribution is 0.0130. The largest absolute Gasteiger partial charge is 0.493 e. The minimum atomic E-state index is -0.556. The van der Waals surface area contributed by atoms with Gasteiger partial charge in [0.15, 0.2) is 0 Å². The van der Waals surface area contributed by atoms with Gasteiger partial charge in [0.25, 0.3) is 5.91 Å². The molecule has 2 amide bonds. The summed E-state index contributed by atoms with van der Waals surface area (Å²) >= 11 is 7.65. The third kappa shape index (κ3) is 12.0. The van der Waals surface area contributed by atoms with E-state index in [0.717, 1.165) is 48.7 Å². The fraction of sp³-hybridized carbons (Fsp3) is 0.523. The molecule has 0 bridgehead atoms. The number of nitrogens with one attached hydrogen (secondary N) is 2. The summed E-state index contributed by atoms with van der Waals surface area (Å²) in [6.45, 7) is 24.3. The number of aromatic nitrogens is 3. The van der Waals surface area contributed by atoms with Gasteiger partial charge >= 0.3 is 6.09 Å². The third-order valence-corrected chi connectivity index (χ3v) is 10.9. The van der Waals surface area contributed by atoms with Crippen LogP contribution in [0.15, 0.2) is 65.8 Å². The van der Waals surface area contributed by atoms with E-state index in [0.29, 0.717) is 41.2 Å². The Morgan fingerprint density at radius 2 is 1.75 bits per heavy atom. The lowest BCUT2D eigenvalue weighted by Crippen LogP contribution is -2.45. The highest BCUT2D eigenvalue weighted by Gasteiger charge is 2.43. The highest BCUT2D eigenvalue weighted by Crippen LogP contribution is 2.38. The number of nitrogens with zero attached hydrogens (tertiary/aromatic N) is 4. The van der Waals surface area contributed by atoms with Crippen LogP contribution in [0.2, 0.25) is 5.15 Å². The van der Waals surface area contributed by atoms with Crippen molar-refractivity contribution in [1.82, 2.24) is 24.6 Å². The summed E-state index contributed by atoms with van der Waals surface area (Å²) in [4.78, 5) is 42.5. The molecule has 3 aromatic heterocycles. The molecule has 1 aliphatic heterocycles. The van der Waals surface area contributed by atoms with Crippen molar-refractivity contribution < 1.29 is 19.1 Å². The predicted molar refractivity (Wildman–Crippen MR) is 228 cm³/mol. The van der Waals surface area contributed by atoms with Crippen LogP contribution in [0.3, 0.4) is 0 Å². The summed E-state index contributed by atoms with van der Waals surface area (Å²) in [5, 5.41) is 5.15. The number of hydrogen-bond acceptors (Lipinski definition) is 9. The van der Waals surface area contributed by atoms with Gasteiger partial charge in [-0.2, -0.15) is 0 Å². The van der Waals surface area contributed by atoms with E-state index in [9.17, 15) is 9.59 Å². The van der Waals surface area contributed by atoms with Crippen LogP contribution >= 0.6 is 23.5 Å². The number of ether oxygens (including phenoxy) is 2. The molecule has 5 rings (SSSR count). The Morgan fingerprint density at radius 1 is 1.00 bits per heavy atom. The number of hydrogen-bond donors (Lipinski definition) is 2. The van der Waals surface area contributed by atoms with Crippen molar-refractivity contribution in [3.05, 3.63) is 82.8 Å². The molecule has 0 aliphatic carbocycles. The van der Waals surface area contributed by atoms with Gasteiger partial charge in [0, 0.05) is 41.7 Å². The average molecular weight is 804 g/mol. The van der Waals surface area contributed by atoms with E-state index >= 15 is 0 Å². The Labute approximate surface area is 342 Å². The minimum Gasteiger partial charge on any atom is -0.493 e. The highest BCUT2D eigenvalue weighted by molar-refractivity contribution is 7.97. The Kier molecular flexibility index (Phi) is 13.2.